The van der Waals surface area contributed by atoms with Crippen LogP contribution >= 0.6 is 0 Å². The van der Waals surface area contributed by atoms with Gasteiger partial charge in [0.15, 0.2) is 11.5 Å². The summed E-state index contributed by atoms with van der Waals surface area (Å²) in [6.07, 6.45) is 0. The van der Waals surface area contributed by atoms with Crippen LogP contribution in [0.4, 0.5) is 16.2 Å². The largest absolute Gasteiger partial charge is 0.490 e. The second-order valence-corrected chi connectivity index (χ2v) is 6.94. The third-order valence-electron chi connectivity index (χ3n) is 4.66. The highest BCUT2D eigenvalue weighted by atomic mass is 16.5. The highest BCUT2D eigenvalue weighted by Crippen LogP contribution is 2.41. The summed E-state index contributed by atoms with van der Waals surface area (Å²) in [7, 11) is 0. The Bertz CT molecular complexity index is 966. The molecule has 3 rings (SSSR count). The van der Waals surface area contributed by atoms with Crippen LogP contribution in [0.25, 0.3) is 0 Å². The molecule has 0 atom stereocenters. The molecular weight excluding hydrogens is 404 g/mol. The van der Waals surface area contributed by atoms with Crippen molar-refractivity contribution in [1.82, 2.24) is 0 Å². The van der Waals surface area contributed by atoms with E-state index < -0.39 is 0 Å². The maximum absolute atomic E-state index is 13.4. The van der Waals surface area contributed by atoms with Gasteiger partial charge in [-0.05, 0) is 38.5 Å². The monoisotopic (exact) mass is 434 g/mol. The number of carbonyl (C=O) groups is 1. The Labute approximate surface area is 189 Å². The van der Waals surface area contributed by atoms with Gasteiger partial charge >= 0.3 is 6.03 Å². The number of anilines is 2. The fourth-order valence-corrected chi connectivity index (χ4v) is 3.31. The Morgan fingerprint density at radius 1 is 0.781 bits per heavy atom. The first kappa shape index (κ1) is 23.0. The molecule has 0 bridgehead atoms. The van der Waals surface area contributed by atoms with E-state index in [1.165, 1.54) is 0 Å². The maximum atomic E-state index is 13.4. The molecule has 1 N–H and O–H groups in total. The molecule has 0 spiro atoms. The van der Waals surface area contributed by atoms with Gasteiger partial charge in [0, 0.05) is 17.8 Å². The van der Waals surface area contributed by atoms with E-state index in [1.54, 1.807) is 17.0 Å². The molecule has 3 aromatic carbocycles. The molecule has 32 heavy (non-hydrogen) atoms. The molecule has 0 aliphatic rings. The van der Waals surface area contributed by atoms with Gasteiger partial charge < -0.3 is 19.5 Å². The maximum Gasteiger partial charge on any atom is 0.326 e. The van der Waals surface area contributed by atoms with Gasteiger partial charge in [-0.25, -0.2) is 4.79 Å². The van der Waals surface area contributed by atoms with Gasteiger partial charge in [0.25, 0.3) is 0 Å². The van der Waals surface area contributed by atoms with Gasteiger partial charge in [-0.2, -0.15) is 0 Å². The first-order valence-electron chi connectivity index (χ1n) is 10.9. The second-order valence-electron chi connectivity index (χ2n) is 6.94. The molecular formula is C26H30N2O4. The minimum Gasteiger partial charge on any atom is -0.490 e. The molecule has 0 fully saturated rings. The number of rotatable bonds is 10. The molecule has 0 aliphatic carbocycles. The average Bonchev–Trinajstić information content (AvgIpc) is 2.81. The van der Waals surface area contributed by atoms with E-state index >= 15 is 0 Å². The smallest absolute Gasteiger partial charge is 0.326 e. The molecule has 6 nitrogen and oxygen atoms in total. The number of nitrogens with zero attached hydrogens (tertiary/aromatic N) is 1. The Kier molecular flexibility index (Phi) is 8.37. The summed E-state index contributed by atoms with van der Waals surface area (Å²) in [6, 6.07) is 22.7. The Morgan fingerprint density at radius 2 is 1.31 bits per heavy atom. The van der Waals surface area contributed by atoms with E-state index in [9.17, 15) is 4.79 Å². The van der Waals surface area contributed by atoms with Crippen LogP contribution in [0.2, 0.25) is 0 Å². The number of amides is 2. The molecule has 0 saturated heterocycles. The normalized spacial score (nSPS) is 10.3. The van der Waals surface area contributed by atoms with E-state index in [1.807, 2.05) is 81.4 Å². The molecule has 3 aromatic rings. The molecule has 0 saturated carbocycles. The van der Waals surface area contributed by atoms with Gasteiger partial charge in [-0.3, -0.25) is 4.90 Å². The van der Waals surface area contributed by atoms with Crippen LogP contribution in [0.15, 0.2) is 72.8 Å². The average molecular weight is 435 g/mol. The molecule has 0 aliphatic heterocycles. The predicted octanol–water partition coefficient (Wildman–Crippen LogP) is 6.12. The predicted molar refractivity (Wildman–Crippen MR) is 128 cm³/mol. The summed E-state index contributed by atoms with van der Waals surface area (Å²) in [4.78, 5) is 15.1. The highest BCUT2D eigenvalue weighted by Gasteiger charge is 2.20. The van der Waals surface area contributed by atoms with E-state index in [-0.39, 0.29) is 6.03 Å². The van der Waals surface area contributed by atoms with Crippen molar-refractivity contribution in [1.29, 1.82) is 0 Å². The second kappa shape index (κ2) is 11.6. The van der Waals surface area contributed by atoms with Crippen molar-refractivity contribution in [2.75, 3.05) is 30.0 Å². The fourth-order valence-electron chi connectivity index (χ4n) is 3.31. The van der Waals surface area contributed by atoms with Crippen molar-refractivity contribution < 1.29 is 19.0 Å². The van der Waals surface area contributed by atoms with Crippen LogP contribution in [0.5, 0.6) is 17.2 Å². The van der Waals surface area contributed by atoms with E-state index in [2.05, 4.69) is 5.32 Å². The first-order valence-corrected chi connectivity index (χ1v) is 10.9. The lowest BCUT2D eigenvalue weighted by Crippen LogP contribution is -2.34. The number of carbonyl (C=O) groups excluding carboxylic acids is 1. The third-order valence-corrected chi connectivity index (χ3v) is 4.66. The van der Waals surface area contributed by atoms with Gasteiger partial charge in [0.2, 0.25) is 5.75 Å². The van der Waals surface area contributed by atoms with Crippen molar-refractivity contribution in [2.45, 2.75) is 27.3 Å². The molecule has 0 heterocycles. The van der Waals surface area contributed by atoms with Crippen molar-refractivity contribution in [3.05, 3.63) is 78.4 Å². The van der Waals surface area contributed by atoms with Crippen LogP contribution in [0.3, 0.4) is 0 Å². The summed E-state index contributed by atoms with van der Waals surface area (Å²) in [5.41, 5.74) is 2.40. The summed E-state index contributed by atoms with van der Waals surface area (Å²) < 4.78 is 17.3. The fraction of sp³-hybridized carbons (Fsp3) is 0.269. The molecule has 168 valence electrons. The van der Waals surface area contributed by atoms with Gasteiger partial charge in [-0.1, -0.05) is 48.5 Å². The summed E-state index contributed by atoms with van der Waals surface area (Å²) in [5, 5.41) is 3.00. The molecule has 0 radical (unpaired) electrons. The van der Waals surface area contributed by atoms with Crippen LogP contribution in [-0.4, -0.2) is 25.9 Å². The molecule has 0 unspecified atom stereocenters. The SMILES string of the molecule is CCOc1cc(NC(=O)N(Cc2ccccc2)c2ccccc2)cc(OCC)c1OCC. The highest BCUT2D eigenvalue weighted by molar-refractivity contribution is 6.02. The minimum absolute atomic E-state index is 0.255. The number of nitrogens with one attached hydrogen (secondary N) is 1. The van der Waals surface area contributed by atoms with Crippen molar-refractivity contribution in [2.24, 2.45) is 0 Å². The molecule has 0 aromatic heterocycles. The molecule has 6 heteroatoms. The minimum atomic E-state index is -0.255. The number of hydrogen-bond donors (Lipinski definition) is 1. The van der Waals surface area contributed by atoms with Crippen LogP contribution in [0.1, 0.15) is 26.3 Å². The van der Waals surface area contributed by atoms with Gasteiger partial charge in [-0.15, -0.1) is 0 Å². The number of hydrogen-bond acceptors (Lipinski definition) is 4. The Balaban J connectivity index is 1.92. The summed E-state index contributed by atoms with van der Waals surface area (Å²) >= 11 is 0. The van der Waals surface area contributed by atoms with Crippen LogP contribution < -0.4 is 24.4 Å². The summed E-state index contributed by atoms with van der Waals surface area (Å²) in [5.74, 6) is 1.60. The topological polar surface area (TPSA) is 60.0 Å². The number of ether oxygens (including phenoxy) is 3. The van der Waals surface area contributed by atoms with Crippen molar-refractivity contribution >= 4 is 17.4 Å². The lowest BCUT2D eigenvalue weighted by Gasteiger charge is -2.24. The zero-order valence-electron chi connectivity index (χ0n) is 18.8. The quantitative estimate of drug-likeness (QED) is 0.417. The molecule has 2 amide bonds. The van der Waals surface area contributed by atoms with Crippen LogP contribution in [-0.2, 0) is 6.54 Å². The Morgan fingerprint density at radius 3 is 1.84 bits per heavy atom. The number of urea groups is 1. The standard InChI is InChI=1S/C26H30N2O4/c1-4-30-23-17-21(18-24(31-5-2)25(23)32-6-3)27-26(29)28(22-15-11-8-12-16-22)19-20-13-9-7-10-14-20/h7-18H,4-6,19H2,1-3H3,(H,27,29). The Hall–Kier alpha value is -3.67. The van der Waals surface area contributed by atoms with E-state index in [0.717, 1.165) is 11.3 Å². The lowest BCUT2D eigenvalue weighted by atomic mass is 10.2. The number of benzene rings is 3. The van der Waals surface area contributed by atoms with Gasteiger partial charge in [0.1, 0.15) is 0 Å². The summed E-state index contributed by atoms with van der Waals surface area (Å²) in [6.45, 7) is 7.55. The zero-order chi connectivity index (χ0) is 22.8. The van der Waals surface area contributed by atoms with Crippen LogP contribution in [0, 0.1) is 0 Å². The van der Waals surface area contributed by atoms with E-state index in [4.69, 9.17) is 14.2 Å². The van der Waals surface area contributed by atoms with Gasteiger partial charge in [0.05, 0.1) is 32.1 Å². The lowest BCUT2D eigenvalue weighted by molar-refractivity contribution is 0.256. The third kappa shape index (κ3) is 5.94. The first-order chi connectivity index (χ1) is 15.7. The van der Waals surface area contributed by atoms with E-state index in [0.29, 0.717) is 49.3 Å². The number of para-hydroxylation sites is 1. The van der Waals surface area contributed by atoms with Crippen molar-refractivity contribution in [3.63, 3.8) is 0 Å². The zero-order valence-corrected chi connectivity index (χ0v) is 18.8. The van der Waals surface area contributed by atoms with Crippen molar-refractivity contribution in [3.8, 4) is 17.2 Å².